The van der Waals surface area contributed by atoms with Crippen molar-refractivity contribution in [3.8, 4) is 16.9 Å². The third-order valence-electron chi connectivity index (χ3n) is 5.44. The topological polar surface area (TPSA) is 54.4 Å². The van der Waals surface area contributed by atoms with E-state index < -0.39 is 0 Å². The van der Waals surface area contributed by atoms with Crippen LogP contribution in [-0.2, 0) is 0 Å². The van der Waals surface area contributed by atoms with E-state index in [1.165, 1.54) is 11.8 Å². The molecule has 0 aromatic heterocycles. The molecule has 0 saturated carbocycles. The van der Waals surface area contributed by atoms with Crippen LogP contribution >= 0.6 is 11.8 Å². The Hall–Kier alpha value is -3.63. The maximum absolute atomic E-state index is 13.8. The summed E-state index contributed by atoms with van der Waals surface area (Å²) in [5.74, 6) is 0.0341. The molecule has 0 heterocycles. The summed E-state index contributed by atoms with van der Waals surface area (Å²) in [7, 11) is 0. The number of ketones is 2. The molecule has 0 radical (unpaired) electrons. The number of aryl methyl sites for hydroxylation is 1. The number of carbonyl (C=O) groups is 2. The fourth-order valence-electron chi connectivity index (χ4n) is 3.81. The van der Waals surface area contributed by atoms with Gasteiger partial charge < -0.3 is 5.11 Å². The zero-order valence-corrected chi connectivity index (χ0v) is 19.4. The van der Waals surface area contributed by atoms with Crippen molar-refractivity contribution in [3.63, 3.8) is 0 Å². The molecule has 3 nitrogen and oxygen atoms in total. The average molecular weight is 453 g/mol. The molecule has 0 aliphatic rings. The first-order valence-corrected chi connectivity index (χ1v) is 11.8. The second-order valence-electron chi connectivity index (χ2n) is 7.71. The van der Waals surface area contributed by atoms with Gasteiger partial charge in [0.15, 0.2) is 11.6 Å². The van der Waals surface area contributed by atoms with Crippen LogP contribution in [0.15, 0.2) is 95.9 Å². The second-order valence-corrected chi connectivity index (χ2v) is 8.99. The maximum atomic E-state index is 13.8. The molecule has 0 aliphatic heterocycles. The van der Waals surface area contributed by atoms with E-state index in [0.29, 0.717) is 32.9 Å². The Labute approximate surface area is 198 Å². The molecule has 4 aromatic rings. The molecule has 4 rings (SSSR count). The lowest BCUT2D eigenvalue weighted by Crippen LogP contribution is -2.12. The van der Waals surface area contributed by atoms with E-state index in [0.717, 1.165) is 11.1 Å². The largest absolute Gasteiger partial charge is 0.507 e. The summed E-state index contributed by atoms with van der Waals surface area (Å²) in [5.41, 5.74) is 4.13. The molecule has 0 unspecified atom stereocenters. The van der Waals surface area contributed by atoms with E-state index in [1.54, 1.807) is 42.5 Å². The van der Waals surface area contributed by atoms with Crippen molar-refractivity contribution in [1.29, 1.82) is 0 Å². The minimum atomic E-state index is -0.304. The Morgan fingerprint density at radius 1 is 0.758 bits per heavy atom. The van der Waals surface area contributed by atoms with Crippen molar-refractivity contribution >= 4 is 23.3 Å². The first-order valence-electron chi connectivity index (χ1n) is 10.8. The smallest absolute Gasteiger partial charge is 0.197 e. The minimum absolute atomic E-state index is 0.125. The summed E-state index contributed by atoms with van der Waals surface area (Å²) in [4.78, 5) is 27.8. The van der Waals surface area contributed by atoms with Gasteiger partial charge in [0, 0.05) is 21.6 Å². The first-order chi connectivity index (χ1) is 16.0. The number of aromatic hydroxyl groups is 1. The molecule has 0 aliphatic carbocycles. The predicted octanol–water partition coefficient (Wildman–Crippen LogP) is 6.94. The van der Waals surface area contributed by atoms with Crippen molar-refractivity contribution in [2.75, 3.05) is 5.75 Å². The van der Waals surface area contributed by atoms with Gasteiger partial charge in [-0.2, -0.15) is 0 Å². The molecule has 0 spiro atoms. The third-order valence-corrected chi connectivity index (χ3v) is 6.42. The van der Waals surface area contributed by atoms with Gasteiger partial charge in [-0.1, -0.05) is 97.4 Å². The third kappa shape index (κ3) is 4.62. The van der Waals surface area contributed by atoms with Gasteiger partial charge in [0.1, 0.15) is 5.75 Å². The van der Waals surface area contributed by atoms with Crippen LogP contribution in [0.5, 0.6) is 5.75 Å². The summed E-state index contributed by atoms with van der Waals surface area (Å²) in [6, 6.07) is 27.3. The number of hydrogen-bond acceptors (Lipinski definition) is 4. The number of benzene rings is 4. The average Bonchev–Trinajstić information content (AvgIpc) is 2.85. The number of phenolic OH excluding ortho intramolecular Hbond substituents is 1. The van der Waals surface area contributed by atoms with Crippen LogP contribution in [0.25, 0.3) is 11.1 Å². The summed E-state index contributed by atoms with van der Waals surface area (Å²) < 4.78 is 0. The molecule has 4 heteroatoms. The van der Waals surface area contributed by atoms with Gasteiger partial charge in [-0.05, 0) is 29.9 Å². The van der Waals surface area contributed by atoms with Gasteiger partial charge in [0.2, 0.25) is 0 Å². The van der Waals surface area contributed by atoms with Gasteiger partial charge in [0.25, 0.3) is 0 Å². The summed E-state index contributed by atoms with van der Waals surface area (Å²) in [6.45, 7) is 3.96. The van der Waals surface area contributed by atoms with Gasteiger partial charge in [-0.25, -0.2) is 0 Å². The van der Waals surface area contributed by atoms with Crippen molar-refractivity contribution in [1.82, 2.24) is 0 Å². The molecule has 0 bridgehead atoms. The number of phenols is 1. The van der Waals surface area contributed by atoms with Gasteiger partial charge in [-0.15, -0.1) is 11.8 Å². The quantitative estimate of drug-likeness (QED) is 0.244. The predicted molar refractivity (Wildman–Crippen MR) is 134 cm³/mol. The molecule has 164 valence electrons. The summed E-state index contributed by atoms with van der Waals surface area (Å²) in [5, 5.41) is 11.1. The van der Waals surface area contributed by atoms with Crippen LogP contribution in [0.3, 0.4) is 0 Å². The summed E-state index contributed by atoms with van der Waals surface area (Å²) in [6.07, 6.45) is 0. The van der Waals surface area contributed by atoms with Gasteiger partial charge in [-0.3, -0.25) is 9.59 Å². The fraction of sp³-hybridized carbons (Fsp3) is 0.103. The van der Waals surface area contributed by atoms with E-state index in [2.05, 4.69) is 0 Å². The van der Waals surface area contributed by atoms with E-state index >= 15 is 0 Å². The van der Waals surface area contributed by atoms with Crippen molar-refractivity contribution < 1.29 is 14.7 Å². The van der Waals surface area contributed by atoms with Crippen molar-refractivity contribution in [2.45, 2.75) is 18.7 Å². The highest BCUT2D eigenvalue weighted by Crippen LogP contribution is 2.42. The lowest BCUT2D eigenvalue weighted by Gasteiger charge is -2.19. The molecule has 4 aromatic carbocycles. The molecule has 0 amide bonds. The van der Waals surface area contributed by atoms with Crippen LogP contribution in [-0.4, -0.2) is 22.4 Å². The highest BCUT2D eigenvalue weighted by atomic mass is 32.2. The molecule has 33 heavy (non-hydrogen) atoms. The molecule has 0 fully saturated rings. The lowest BCUT2D eigenvalue weighted by molar-refractivity contribution is 0.103. The Bertz CT molecular complexity index is 1290. The SMILES string of the molecule is CCSc1c(C(=O)c2ccccc2)c(O)cc(-c2ccc(C)cc2)c1C(=O)c1ccccc1. The monoisotopic (exact) mass is 452 g/mol. The Morgan fingerprint density at radius 3 is 1.79 bits per heavy atom. The van der Waals surface area contributed by atoms with Gasteiger partial charge >= 0.3 is 0 Å². The summed E-state index contributed by atoms with van der Waals surface area (Å²) >= 11 is 1.40. The van der Waals surface area contributed by atoms with Crippen LogP contribution in [0, 0.1) is 6.92 Å². The number of carbonyl (C=O) groups excluding carboxylic acids is 2. The Kier molecular flexibility index (Phi) is 6.76. The van der Waals surface area contributed by atoms with E-state index in [1.807, 2.05) is 62.4 Å². The molecular weight excluding hydrogens is 428 g/mol. The van der Waals surface area contributed by atoms with Crippen LogP contribution in [0.2, 0.25) is 0 Å². The Balaban J connectivity index is 2.03. The molecule has 1 N–H and O–H groups in total. The zero-order valence-electron chi connectivity index (χ0n) is 18.5. The standard InChI is InChI=1S/C29H24O3S/c1-3-33-29-25(27(31)21-10-6-4-7-11-21)23(20-16-14-19(2)15-17-20)18-24(30)26(29)28(32)22-12-8-5-9-13-22/h4-18,30H,3H2,1-2H3. The first kappa shape index (κ1) is 22.6. The highest BCUT2D eigenvalue weighted by molar-refractivity contribution is 7.99. The number of hydrogen-bond donors (Lipinski definition) is 1. The van der Waals surface area contributed by atoms with Crippen LogP contribution in [0.4, 0.5) is 0 Å². The van der Waals surface area contributed by atoms with E-state index in [-0.39, 0.29) is 22.9 Å². The normalized spacial score (nSPS) is 10.7. The zero-order chi connectivity index (χ0) is 23.4. The van der Waals surface area contributed by atoms with E-state index in [9.17, 15) is 14.7 Å². The molecule has 0 atom stereocenters. The second kappa shape index (κ2) is 9.88. The van der Waals surface area contributed by atoms with Crippen LogP contribution < -0.4 is 0 Å². The van der Waals surface area contributed by atoms with Crippen molar-refractivity contribution in [2.24, 2.45) is 0 Å². The number of rotatable bonds is 7. The van der Waals surface area contributed by atoms with Crippen molar-refractivity contribution in [3.05, 3.63) is 119 Å². The molecule has 0 saturated heterocycles. The Morgan fingerprint density at radius 2 is 1.27 bits per heavy atom. The van der Waals surface area contributed by atoms with Gasteiger partial charge in [0.05, 0.1) is 5.56 Å². The van der Waals surface area contributed by atoms with Crippen LogP contribution in [0.1, 0.15) is 44.3 Å². The molecular formula is C29H24O3S. The fourth-order valence-corrected chi connectivity index (χ4v) is 4.78. The minimum Gasteiger partial charge on any atom is -0.507 e. The maximum Gasteiger partial charge on any atom is 0.197 e. The highest BCUT2D eigenvalue weighted by Gasteiger charge is 2.28. The number of thioether (sulfide) groups is 1. The van der Waals surface area contributed by atoms with E-state index in [4.69, 9.17) is 0 Å². The lowest BCUT2D eigenvalue weighted by atomic mass is 9.89.